The molecule has 6 nitrogen and oxygen atoms in total. The highest BCUT2D eigenvalue weighted by Crippen LogP contribution is 2.86. The molecule has 0 aromatic heterocycles. The second kappa shape index (κ2) is 5.07. The molecule has 8 heteroatoms. The average Bonchev–Trinajstić information content (AvgIpc) is 2.28. The van der Waals surface area contributed by atoms with Crippen molar-refractivity contribution in [2.45, 2.75) is 75.2 Å². The largest absolute Gasteiger partial charge is 0.352 e. The molecular weight excluding hydrogens is 302 g/mol. The lowest BCUT2D eigenvalue weighted by atomic mass is 10.3. The number of aliphatic hydroxyl groups excluding tert-OH is 4. The molecule has 1 heterocycles. The standard InChI is InChI=1S/C12H28O6P2/c1-11(2,3)19(17)7(13)9(15)20(18,12(4,5)6)10(16)8(19)14/h7-10,13-18H,1-6H3/q+2. The lowest BCUT2D eigenvalue weighted by Crippen LogP contribution is -2.56. The van der Waals surface area contributed by atoms with Crippen LogP contribution >= 0.6 is 15.0 Å². The van der Waals surface area contributed by atoms with E-state index in [1.807, 2.05) is 0 Å². The quantitative estimate of drug-likeness (QED) is 0.364. The fourth-order valence-corrected chi connectivity index (χ4v) is 10.6. The van der Waals surface area contributed by atoms with E-state index in [2.05, 4.69) is 0 Å². The van der Waals surface area contributed by atoms with Crippen LogP contribution in [0.3, 0.4) is 0 Å². The zero-order valence-corrected chi connectivity index (χ0v) is 14.7. The van der Waals surface area contributed by atoms with E-state index in [0.717, 1.165) is 0 Å². The Morgan fingerprint density at radius 1 is 0.550 bits per heavy atom. The molecule has 0 aliphatic carbocycles. The van der Waals surface area contributed by atoms with Gasteiger partial charge in [0.25, 0.3) is 23.4 Å². The lowest BCUT2D eigenvalue weighted by Gasteiger charge is -2.50. The van der Waals surface area contributed by atoms with Gasteiger partial charge in [-0.05, 0) is 41.5 Å². The number of hydrogen-bond acceptors (Lipinski definition) is 6. The molecule has 1 fully saturated rings. The second-order valence-corrected chi connectivity index (χ2v) is 15.2. The Bertz CT molecular complexity index is 323. The summed E-state index contributed by atoms with van der Waals surface area (Å²) < 4.78 is 0. The van der Waals surface area contributed by atoms with Crippen LogP contribution < -0.4 is 0 Å². The van der Waals surface area contributed by atoms with E-state index >= 15 is 0 Å². The molecule has 0 aromatic rings. The van der Waals surface area contributed by atoms with Crippen molar-refractivity contribution in [1.82, 2.24) is 0 Å². The summed E-state index contributed by atoms with van der Waals surface area (Å²) in [5.41, 5.74) is 0. The molecule has 0 radical (unpaired) electrons. The minimum atomic E-state index is -3.51. The predicted molar refractivity (Wildman–Crippen MR) is 81.8 cm³/mol. The van der Waals surface area contributed by atoms with Crippen molar-refractivity contribution in [3.63, 3.8) is 0 Å². The molecule has 1 aliphatic rings. The van der Waals surface area contributed by atoms with Crippen LogP contribution in [0.2, 0.25) is 0 Å². The SMILES string of the molecule is CC(C)(C)[P+]1(O)C(O)C(O)[P+](O)(C(C)(C)C)C(O)C1O. The molecular formula is C12H28O6P2+2. The molecule has 1 saturated heterocycles. The first-order valence-corrected chi connectivity index (χ1v) is 10.3. The van der Waals surface area contributed by atoms with Crippen LogP contribution in [-0.4, -0.2) is 63.9 Å². The van der Waals surface area contributed by atoms with Gasteiger partial charge in [-0.15, -0.1) is 0 Å². The summed E-state index contributed by atoms with van der Waals surface area (Å²) in [6.07, 6.45) is 0. The summed E-state index contributed by atoms with van der Waals surface area (Å²) in [6, 6.07) is 0. The van der Waals surface area contributed by atoms with Crippen molar-refractivity contribution >= 4 is 15.0 Å². The minimum absolute atomic E-state index is 0.892. The normalized spacial score (nSPS) is 47.4. The molecule has 20 heavy (non-hydrogen) atoms. The lowest BCUT2D eigenvalue weighted by molar-refractivity contribution is 0.0438. The maximum Gasteiger partial charge on any atom is 0.259 e. The Balaban J connectivity index is 3.44. The molecule has 6 N–H and O–H groups in total. The fourth-order valence-electron chi connectivity index (χ4n) is 2.71. The van der Waals surface area contributed by atoms with Gasteiger partial charge in [0.2, 0.25) is 15.0 Å². The third-order valence-electron chi connectivity index (χ3n) is 4.30. The van der Waals surface area contributed by atoms with Crippen LogP contribution in [0.25, 0.3) is 0 Å². The minimum Gasteiger partial charge on any atom is -0.352 e. The first-order valence-electron chi connectivity index (χ1n) is 6.58. The fraction of sp³-hybridized carbons (Fsp3) is 1.00. The van der Waals surface area contributed by atoms with E-state index in [0.29, 0.717) is 0 Å². The van der Waals surface area contributed by atoms with E-state index in [-0.39, 0.29) is 0 Å². The molecule has 0 bridgehead atoms. The van der Waals surface area contributed by atoms with Crippen LogP contribution in [0.4, 0.5) is 0 Å². The molecule has 0 aromatic carbocycles. The van der Waals surface area contributed by atoms with Gasteiger partial charge in [0.15, 0.2) is 0 Å². The first-order chi connectivity index (χ1) is 8.63. The third-order valence-corrected chi connectivity index (χ3v) is 13.4. The Kier molecular flexibility index (Phi) is 4.73. The van der Waals surface area contributed by atoms with Gasteiger partial charge in [-0.2, -0.15) is 0 Å². The van der Waals surface area contributed by atoms with Crippen LogP contribution in [0.5, 0.6) is 0 Å². The summed E-state index contributed by atoms with van der Waals surface area (Å²) >= 11 is 0. The third kappa shape index (κ3) is 2.26. The maximum atomic E-state index is 10.8. The van der Waals surface area contributed by atoms with Gasteiger partial charge in [-0.25, -0.2) is 9.79 Å². The molecule has 4 atom stereocenters. The zero-order valence-electron chi connectivity index (χ0n) is 12.9. The van der Waals surface area contributed by atoms with Crippen molar-refractivity contribution in [1.29, 1.82) is 0 Å². The summed E-state index contributed by atoms with van der Waals surface area (Å²) in [6.45, 7) is 9.79. The monoisotopic (exact) mass is 330 g/mol. The molecule has 1 rings (SSSR count). The Morgan fingerprint density at radius 3 is 0.800 bits per heavy atom. The highest BCUT2D eigenvalue weighted by molar-refractivity contribution is 7.80. The first kappa shape index (κ1) is 18.7. The molecule has 0 amide bonds. The summed E-state index contributed by atoms with van der Waals surface area (Å²) in [5, 5.41) is 39.7. The van der Waals surface area contributed by atoms with Gasteiger partial charge in [0.1, 0.15) is 10.3 Å². The van der Waals surface area contributed by atoms with E-state index in [1.54, 1.807) is 41.5 Å². The van der Waals surface area contributed by atoms with Gasteiger partial charge in [-0.3, -0.25) is 0 Å². The smallest absolute Gasteiger partial charge is 0.259 e. The molecule has 0 spiro atoms. The van der Waals surface area contributed by atoms with E-state index < -0.39 is 48.7 Å². The Labute approximate surface area is 121 Å². The number of rotatable bonds is 0. The average molecular weight is 330 g/mol. The van der Waals surface area contributed by atoms with Crippen molar-refractivity contribution < 1.29 is 30.2 Å². The Hall–Kier alpha value is 0.620. The summed E-state index contributed by atoms with van der Waals surface area (Å²) in [7, 11) is -7.02. The van der Waals surface area contributed by atoms with Gasteiger partial charge in [0, 0.05) is 0 Å². The van der Waals surface area contributed by atoms with Gasteiger partial charge >= 0.3 is 0 Å². The van der Waals surface area contributed by atoms with Gasteiger partial charge in [-0.1, -0.05) is 0 Å². The van der Waals surface area contributed by atoms with E-state index in [4.69, 9.17) is 0 Å². The number of hydrogen-bond donors (Lipinski definition) is 6. The van der Waals surface area contributed by atoms with E-state index in [9.17, 15) is 30.2 Å². The Morgan fingerprint density at radius 2 is 0.700 bits per heavy atom. The predicted octanol–water partition coefficient (Wildman–Crippen LogP) is 0.720. The van der Waals surface area contributed by atoms with Crippen LogP contribution in [-0.2, 0) is 0 Å². The highest BCUT2D eigenvalue weighted by atomic mass is 31.2. The van der Waals surface area contributed by atoms with Crippen molar-refractivity contribution in [2.24, 2.45) is 0 Å². The van der Waals surface area contributed by atoms with Crippen molar-refractivity contribution in [3.05, 3.63) is 0 Å². The van der Waals surface area contributed by atoms with E-state index in [1.165, 1.54) is 0 Å². The van der Waals surface area contributed by atoms with Crippen LogP contribution in [0, 0.1) is 0 Å². The number of aliphatic hydroxyl groups is 4. The zero-order chi connectivity index (χ0) is 16.3. The summed E-state index contributed by atoms with van der Waals surface area (Å²) in [4.78, 5) is 21.6. The summed E-state index contributed by atoms with van der Waals surface area (Å²) in [5.74, 6) is -6.56. The van der Waals surface area contributed by atoms with Crippen molar-refractivity contribution in [2.75, 3.05) is 0 Å². The highest BCUT2D eigenvalue weighted by Gasteiger charge is 2.81. The maximum absolute atomic E-state index is 10.8. The molecule has 1 aliphatic heterocycles. The van der Waals surface area contributed by atoms with Crippen LogP contribution in [0.1, 0.15) is 41.5 Å². The van der Waals surface area contributed by atoms with Gasteiger partial charge < -0.3 is 20.4 Å². The van der Waals surface area contributed by atoms with Crippen LogP contribution in [0.15, 0.2) is 0 Å². The second-order valence-electron chi connectivity index (χ2n) is 7.47. The molecule has 0 saturated carbocycles. The van der Waals surface area contributed by atoms with Crippen molar-refractivity contribution in [3.8, 4) is 0 Å². The molecule has 4 unspecified atom stereocenters. The molecule has 120 valence electrons. The van der Waals surface area contributed by atoms with Gasteiger partial charge in [0.05, 0.1) is 0 Å². The topological polar surface area (TPSA) is 121 Å².